The SMILES string of the molecule is CC(=O)N1CCN(c2ccc(C(=O)NNC(=O)c3ccoc3C)cc2[N+](=O)[O-])CC1. The first-order valence-electron chi connectivity index (χ1n) is 9.21. The number of piperazine rings is 1. The van der Waals surface area contributed by atoms with Gasteiger partial charge < -0.3 is 14.2 Å². The quantitative estimate of drug-likeness (QED) is 0.566. The molecule has 1 aliphatic heterocycles. The second-order valence-electron chi connectivity index (χ2n) is 6.75. The maximum atomic E-state index is 12.4. The Kier molecular flexibility index (Phi) is 6.00. The highest BCUT2D eigenvalue weighted by atomic mass is 16.6. The second-order valence-corrected chi connectivity index (χ2v) is 6.75. The molecule has 0 saturated carbocycles. The second kappa shape index (κ2) is 8.64. The van der Waals surface area contributed by atoms with E-state index in [0.717, 1.165) is 6.07 Å². The van der Waals surface area contributed by atoms with Crippen LogP contribution < -0.4 is 15.8 Å². The molecule has 0 bridgehead atoms. The lowest BCUT2D eigenvalue weighted by molar-refractivity contribution is -0.384. The van der Waals surface area contributed by atoms with Crippen LogP contribution in [0.5, 0.6) is 0 Å². The molecule has 2 aromatic rings. The fourth-order valence-corrected chi connectivity index (χ4v) is 3.21. The van der Waals surface area contributed by atoms with Crippen molar-refractivity contribution < 1.29 is 23.7 Å². The van der Waals surface area contributed by atoms with Crippen LogP contribution in [0.3, 0.4) is 0 Å². The van der Waals surface area contributed by atoms with Crippen LogP contribution in [0.2, 0.25) is 0 Å². The highest BCUT2D eigenvalue weighted by molar-refractivity contribution is 6.00. The molecule has 30 heavy (non-hydrogen) atoms. The molecule has 3 amide bonds. The van der Waals surface area contributed by atoms with Gasteiger partial charge in [-0.15, -0.1) is 0 Å². The summed E-state index contributed by atoms with van der Waals surface area (Å²) in [5, 5.41) is 11.6. The summed E-state index contributed by atoms with van der Waals surface area (Å²) >= 11 is 0. The average Bonchev–Trinajstić information content (AvgIpc) is 3.17. The van der Waals surface area contributed by atoms with Gasteiger partial charge in [0, 0.05) is 44.7 Å². The summed E-state index contributed by atoms with van der Waals surface area (Å²) in [4.78, 5) is 50.4. The first-order valence-corrected chi connectivity index (χ1v) is 9.21. The highest BCUT2D eigenvalue weighted by Crippen LogP contribution is 2.30. The van der Waals surface area contributed by atoms with Gasteiger partial charge in [-0.25, -0.2) is 0 Å². The molecule has 158 valence electrons. The summed E-state index contributed by atoms with van der Waals surface area (Å²) in [6, 6.07) is 5.57. The number of hydrazine groups is 1. The van der Waals surface area contributed by atoms with E-state index in [9.17, 15) is 24.5 Å². The van der Waals surface area contributed by atoms with E-state index in [0.29, 0.717) is 37.6 Å². The number of hydrogen-bond donors (Lipinski definition) is 2. The number of amides is 3. The Morgan fingerprint density at radius 2 is 1.73 bits per heavy atom. The van der Waals surface area contributed by atoms with Crippen molar-refractivity contribution >= 4 is 29.1 Å². The molecule has 1 saturated heterocycles. The Hall–Kier alpha value is -3.89. The van der Waals surface area contributed by atoms with Crippen LogP contribution in [0.4, 0.5) is 11.4 Å². The third-order valence-electron chi connectivity index (χ3n) is 4.89. The minimum atomic E-state index is -0.694. The van der Waals surface area contributed by atoms with Gasteiger partial charge in [0.05, 0.1) is 16.7 Å². The molecule has 1 fully saturated rings. The molecule has 11 heteroatoms. The molecule has 2 N–H and O–H groups in total. The van der Waals surface area contributed by atoms with Gasteiger partial charge in [0.2, 0.25) is 5.91 Å². The van der Waals surface area contributed by atoms with Crippen LogP contribution in [0.25, 0.3) is 0 Å². The van der Waals surface area contributed by atoms with Crippen molar-refractivity contribution in [2.24, 2.45) is 0 Å². The number of nitro groups is 1. The number of aryl methyl sites for hydroxylation is 1. The molecule has 1 aromatic heterocycles. The fraction of sp³-hybridized carbons (Fsp3) is 0.316. The van der Waals surface area contributed by atoms with Crippen molar-refractivity contribution in [3.63, 3.8) is 0 Å². The van der Waals surface area contributed by atoms with E-state index in [1.807, 2.05) is 4.90 Å². The molecule has 0 aliphatic carbocycles. The van der Waals surface area contributed by atoms with Crippen molar-refractivity contribution in [1.82, 2.24) is 15.8 Å². The predicted octanol–water partition coefficient (Wildman–Crippen LogP) is 1.24. The number of benzene rings is 1. The lowest BCUT2D eigenvalue weighted by Crippen LogP contribution is -2.48. The van der Waals surface area contributed by atoms with E-state index in [1.54, 1.807) is 11.8 Å². The van der Waals surface area contributed by atoms with Crippen LogP contribution in [0.15, 0.2) is 34.9 Å². The Balaban J connectivity index is 1.71. The molecule has 1 aromatic carbocycles. The van der Waals surface area contributed by atoms with Crippen LogP contribution in [0, 0.1) is 17.0 Å². The van der Waals surface area contributed by atoms with Gasteiger partial charge >= 0.3 is 0 Å². The molecule has 0 radical (unpaired) electrons. The predicted molar refractivity (Wildman–Crippen MR) is 106 cm³/mol. The molecule has 11 nitrogen and oxygen atoms in total. The number of nitrogens with zero attached hydrogens (tertiary/aromatic N) is 3. The fourth-order valence-electron chi connectivity index (χ4n) is 3.21. The number of rotatable bonds is 4. The van der Waals surface area contributed by atoms with Gasteiger partial charge in [-0.2, -0.15) is 0 Å². The minimum absolute atomic E-state index is 0.0250. The van der Waals surface area contributed by atoms with Crippen LogP contribution in [-0.2, 0) is 4.79 Å². The van der Waals surface area contributed by atoms with E-state index >= 15 is 0 Å². The van der Waals surface area contributed by atoms with Gasteiger partial charge in [0.25, 0.3) is 17.5 Å². The summed E-state index contributed by atoms with van der Waals surface area (Å²) in [5.74, 6) is -0.903. The van der Waals surface area contributed by atoms with Crippen molar-refractivity contribution in [2.45, 2.75) is 13.8 Å². The maximum absolute atomic E-state index is 12.4. The smallest absolute Gasteiger partial charge is 0.293 e. The Labute approximate surface area is 171 Å². The average molecular weight is 415 g/mol. The lowest BCUT2D eigenvalue weighted by Gasteiger charge is -2.35. The third-order valence-corrected chi connectivity index (χ3v) is 4.89. The van der Waals surface area contributed by atoms with E-state index in [1.165, 1.54) is 31.4 Å². The number of nitro benzene ring substituents is 1. The zero-order valence-corrected chi connectivity index (χ0v) is 16.5. The van der Waals surface area contributed by atoms with Crippen molar-refractivity contribution in [3.05, 3.63) is 57.5 Å². The lowest BCUT2D eigenvalue weighted by atomic mass is 10.1. The molecule has 2 heterocycles. The molecule has 3 rings (SSSR count). The molecule has 0 atom stereocenters. The van der Waals surface area contributed by atoms with Crippen molar-refractivity contribution in [2.75, 3.05) is 31.1 Å². The standard InChI is InChI=1S/C19H21N5O6/c1-12-15(5-10-30-12)19(27)21-20-18(26)14-3-4-16(17(11-14)24(28)29)23-8-6-22(7-9-23)13(2)25/h3-5,10-11H,6-9H2,1-2H3,(H,20,26)(H,21,27). The van der Waals surface area contributed by atoms with Crippen LogP contribution in [-0.4, -0.2) is 53.7 Å². The largest absolute Gasteiger partial charge is 0.469 e. The van der Waals surface area contributed by atoms with Gasteiger partial charge in [0.1, 0.15) is 11.4 Å². The topological polar surface area (TPSA) is 138 Å². The zero-order chi connectivity index (χ0) is 21.8. The summed E-state index contributed by atoms with van der Waals surface area (Å²) in [6.07, 6.45) is 1.35. The number of carbonyl (C=O) groups excluding carboxylic acids is 3. The first-order chi connectivity index (χ1) is 14.3. The number of nitrogens with one attached hydrogen (secondary N) is 2. The summed E-state index contributed by atoms with van der Waals surface area (Å²) < 4.78 is 5.03. The molecular weight excluding hydrogens is 394 g/mol. The molecule has 1 aliphatic rings. The summed E-state index contributed by atoms with van der Waals surface area (Å²) in [6.45, 7) is 4.92. The number of furan rings is 1. The summed E-state index contributed by atoms with van der Waals surface area (Å²) in [7, 11) is 0. The zero-order valence-electron chi connectivity index (χ0n) is 16.5. The van der Waals surface area contributed by atoms with E-state index < -0.39 is 16.7 Å². The minimum Gasteiger partial charge on any atom is -0.469 e. The van der Waals surface area contributed by atoms with E-state index in [-0.39, 0.29) is 22.7 Å². The monoisotopic (exact) mass is 415 g/mol. The van der Waals surface area contributed by atoms with E-state index in [2.05, 4.69) is 10.9 Å². The molecule has 0 unspecified atom stereocenters. The normalized spacial score (nSPS) is 13.7. The van der Waals surface area contributed by atoms with Gasteiger partial charge in [-0.1, -0.05) is 0 Å². The molecular formula is C19H21N5O6. The van der Waals surface area contributed by atoms with Crippen molar-refractivity contribution in [3.8, 4) is 0 Å². The van der Waals surface area contributed by atoms with E-state index in [4.69, 9.17) is 4.42 Å². The Morgan fingerprint density at radius 1 is 1.07 bits per heavy atom. The number of anilines is 1. The van der Waals surface area contributed by atoms with Gasteiger partial charge in [0.15, 0.2) is 0 Å². The van der Waals surface area contributed by atoms with Gasteiger partial charge in [-0.3, -0.25) is 35.3 Å². The highest BCUT2D eigenvalue weighted by Gasteiger charge is 2.26. The first kappa shape index (κ1) is 20.8. The molecule has 0 spiro atoms. The third kappa shape index (κ3) is 4.40. The number of hydrogen-bond acceptors (Lipinski definition) is 7. The van der Waals surface area contributed by atoms with Crippen LogP contribution >= 0.6 is 0 Å². The van der Waals surface area contributed by atoms with Crippen molar-refractivity contribution in [1.29, 1.82) is 0 Å². The Bertz CT molecular complexity index is 993. The number of carbonyl (C=O) groups is 3. The van der Waals surface area contributed by atoms with Gasteiger partial charge in [-0.05, 0) is 25.1 Å². The maximum Gasteiger partial charge on any atom is 0.293 e. The summed E-state index contributed by atoms with van der Waals surface area (Å²) in [5.41, 5.74) is 4.92. The Morgan fingerprint density at radius 3 is 2.30 bits per heavy atom. The van der Waals surface area contributed by atoms with Crippen LogP contribution in [0.1, 0.15) is 33.4 Å².